The molecule has 6 heterocycles. The summed E-state index contributed by atoms with van der Waals surface area (Å²) in [6.07, 6.45) is -58.1. The average Bonchev–Trinajstić information content (AvgIpc) is 1.41. The fraction of sp³-hybridized carbons (Fsp3) is 0.935. The largest absolute Gasteiger partial charge is 0.479 e. The Hall–Kier alpha value is -2.61. The Kier molecular flexibility index (Phi) is 23.0. The maximum absolute atomic E-state index is 14.3. The summed E-state index contributed by atoms with van der Waals surface area (Å²) in [6, 6.07) is -7.29. The molecular formula is C31H51N3O45S7. The molecule has 48 nitrogen and oxygen atoms in total. The summed E-state index contributed by atoms with van der Waals surface area (Å²) in [5.74, 6) is -4.07. The number of ether oxygens (including phenoxy) is 10. The molecule has 6 saturated heterocycles. The highest BCUT2D eigenvalue weighted by atomic mass is 32.3. The number of aliphatic hydroxyl groups excluding tert-OH is 6. The molecule has 0 aliphatic carbocycles. The molecule has 0 radical (unpaired) electrons. The number of carboxylic acid groups (broad SMARTS) is 1. The minimum Gasteiger partial charge on any atom is -0.479 e. The van der Waals surface area contributed by atoms with Crippen LogP contribution >= 0.6 is 0 Å². The maximum atomic E-state index is 14.3. The molecule has 0 aromatic heterocycles. The second kappa shape index (κ2) is 27.3. The van der Waals surface area contributed by atoms with E-state index in [0.717, 1.165) is 7.11 Å². The Balaban J connectivity index is 1.36. The summed E-state index contributed by atoms with van der Waals surface area (Å²) in [5.41, 5.74) is 0. The summed E-state index contributed by atoms with van der Waals surface area (Å²) in [7, 11) is -38.7. The van der Waals surface area contributed by atoms with Crippen LogP contribution in [0.5, 0.6) is 0 Å². The van der Waals surface area contributed by atoms with Crippen LogP contribution in [0.3, 0.4) is 0 Å². The van der Waals surface area contributed by atoms with Crippen LogP contribution in [0.25, 0.3) is 0 Å². The van der Waals surface area contributed by atoms with E-state index >= 15 is 0 Å². The lowest BCUT2D eigenvalue weighted by Gasteiger charge is -2.49. The van der Waals surface area contributed by atoms with E-state index in [0.29, 0.717) is 0 Å². The van der Waals surface area contributed by atoms with Gasteiger partial charge in [-0.15, -0.1) is 0 Å². The fourth-order valence-corrected chi connectivity index (χ4v) is 12.2. The molecule has 0 saturated carbocycles. The Morgan fingerprint density at radius 3 is 1.43 bits per heavy atom. The lowest BCUT2D eigenvalue weighted by atomic mass is 9.94. The van der Waals surface area contributed by atoms with Gasteiger partial charge in [0.25, 0.3) is 5.91 Å². The first kappa shape index (κ1) is 72.5. The second-order valence-corrected chi connectivity index (χ2v) is 26.0. The molecule has 0 aromatic rings. The lowest BCUT2D eigenvalue weighted by molar-refractivity contribution is -0.369. The first-order valence-corrected chi connectivity index (χ1v) is 32.5. The molecule has 1 amide bonds. The average molecular weight is 1410 g/mol. The van der Waals surface area contributed by atoms with Crippen molar-refractivity contribution < 1.29 is 204 Å². The minimum atomic E-state index is -6.07. The first-order valence-electron chi connectivity index (χ1n) is 22.8. The SMILES string of the molecule is CO[C@H]1O[C@H](COS(=O)(=O)O)[C@@H](O[C@@H]2O[C@H]3C(=O)N[C@H]4[C@H](O[C@@H]3[C@H](O)[C@H]2OS(=O)(=O)O)O[C@H](COS(=O)(=O)O)[C@@H](O[C@@H]2O[C@H](C(=O)O)[C@@H](O[C@H]3O[C@H](COS(=O)(=O)O)[C@@H](O)[C@H](O)[C@H]3NS(=O)(=O)O)[C@H](O)[C@H]2O)[C@@H]4OS(=O)(=O)O)[C@H](O)[C@H]1NS(=O)(=O)O. The van der Waals surface area contributed by atoms with E-state index in [2.05, 4.69) is 16.7 Å². The zero-order valence-electron chi connectivity index (χ0n) is 41.8. The molecule has 6 aliphatic heterocycles. The monoisotopic (exact) mass is 1410 g/mol. The summed E-state index contributed by atoms with van der Waals surface area (Å²) < 4.78 is 312. The number of rotatable bonds is 25. The van der Waals surface area contributed by atoms with Crippen LogP contribution < -0.4 is 14.8 Å². The van der Waals surface area contributed by atoms with E-state index in [1.165, 1.54) is 9.44 Å². The lowest BCUT2D eigenvalue weighted by Crippen LogP contribution is -2.70. The Bertz CT molecular complexity index is 3230. The third kappa shape index (κ3) is 19.2. The van der Waals surface area contributed by atoms with Crippen LogP contribution in [0.4, 0.5) is 0 Å². The summed E-state index contributed by atoms with van der Waals surface area (Å²) >= 11 is 0. The van der Waals surface area contributed by atoms with Crippen LogP contribution in [0.1, 0.15) is 0 Å². The van der Waals surface area contributed by atoms with Crippen molar-refractivity contribution in [2.75, 3.05) is 26.9 Å². The molecule has 25 atom stereocenters. The van der Waals surface area contributed by atoms with Crippen molar-refractivity contribution in [3.63, 3.8) is 0 Å². The van der Waals surface area contributed by atoms with Gasteiger partial charge in [0.15, 0.2) is 49.8 Å². The van der Waals surface area contributed by atoms with Crippen LogP contribution in [-0.2, 0) is 150 Å². The van der Waals surface area contributed by atoms with Crippen LogP contribution in [0, 0.1) is 0 Å². The predicted octanol–water partition coefficient (Wildman–Crippen LogP) is -13.1. The van der Waals surface area contributed by atoms with Crippen molar-refractivity contribution >= 4 is 84.5 Å². The zero-order chi connectivity index (χ0) is 64.9. The van der Waals surface area contributed by atoms with Gasteiger partial charge in [-0.1, -0.05) is 0 Å². The van der Waals surface area contributed by atoms with Gasteiger partial charge < -0.3 is 88.4 Å². The number of carbonyl (C=O) groups is 2. The molecule has 17 N–H and O–H groups in total. The number of hydrogen-bond acceptors (Lipinski definition) is 37. The maximum Gasteiger partial charge on any atom is 0.397 e. The Morgan fingerprint density at radius 1 is 0.477 bits per heavy atom. The van der Waals surface area contributed by atoms with Crippen molar-refractivity contribution in [2.45, 2.75) is 153 Å². The normalized spacial score (nSPS) is 40.6. The van der Waals surface area contributed by atoms with Gasteiger partial charge in [-0.25, -0.2) is 25.7 Å². The summed E-state index contributed by atoms with van der Waals surface area (Å²) in [5, 5.41) is 79.4. The van der Waals surface area contributed by atoms with E-state index in [1.54, 1.807) is 0 Å². The van der Waals surface area contributed by atoms with Gasteiger partial charge in [-0.05, 0) is 0 Å². The van der Waals surface area contributed by atoms with Gasteiger partial charge in [0, 0.05) is 7.11 Å². The van der Waals surface area contributed by atoms with Crippen LogP contribution in [0.2, 0.25) is 0 Å². The summed E-state index contributed by atoms with van der Waals surface area (Å²) in [4.78, 5) is 27.1. The first-order chi connectivity index (χ1) is 39.1. The summed E-state index contributed by atoms with van der Waals surface area (Å²) in [6.45, 7) is -4.64. The second-order valence-electron chi connectivity index (χ2n) is 18.3. The van der Waals surface area contributed by atoms with Gasteiger partial charge >= 0.3 is 78.6 Å². The topological polar surface area (TPSA) is 731 Å². The third-order valence-electron chi connectivity index (χ3n) is 12.5. The highest BCUT2D eigenvalue weighted by Crippen LogP contribution is 2.39. The van der Waals surface area contributed by atoms with E-state index in [1.807, 2.05) is 5.32 Å². The van der Waals surface area contributed by atoms with E-state index in [4.69, 9.17) is 56.1 Å². The van der Waals surface area contributed by atoms with Gasteiger partial charge in [-0.2, -0.15) is 68.4 Å². The van der Waals surface area contributed by atoms with E-state index in [9.17, 15) is 132 Å². The number of carbonyl (C=O) groups excluding carboxylic acids is 1. The minimum absolute atomic E-state index is 0.794. The van der Waals surface area contributed by atoms with Crippen LogP contribution in [0.15, 0.2) is 0 Å². The van der Waals surface area contributed by atoms with E-state index in [-0.39, 0.29) is 0 Å². The molecule has 0 bridgehead atoms. The number of hydrogen-bond donors (Lipinski definition) is 17. The van der Waals surface area contributed by atoms with E-state index < -0.39 is 258 Å². The number of nitrogens with one attached hydrogen (secondary N) is 3. The van der Waals surface area contributed by atoms with Gasteiger partial charge in [0.1, 0.15) is 104 Å². The molecule has 6 aliphatic rings. The van der Waals surface area contributed by atoms with Crippen molar-refractivity contribution in [1.29, 1.82) is 0 Å². The number of amides is 1. The molecule has 6 fully saturated rings. The molecule has 86 heavy (non-hydrogen) atoms. The van der Waals surface area contributed by atoms with Crippen molar-refractivity contribution in [3.8, 4) is 0 Å². The predicted molar refractivity (Wildman–Crippen MR) is 248 cm³/mol. The number of methoxy groups -OCH3 is 1. The smallest absolute Gasteiger partial charge is 0.397 e. The number of aliphatic carboxylic acids is 1. The molecule has 0 spiro atoms. The highest BCUT2D eigenvalue weighted by molar-refractivity contribution is 7.84. The van der Waals surface area contributed by atoms with Gasteiger partial charge in [0.2, 0.25) is 0 Å². The Morgan fingerprint density at radius 2 is 0.942 bits per heavy atom. The molecule has 0 unspecified atom stereocenters. The quantitative estimate of drug-likeness (QED) is 0.0377. The standard InChI is InChI=1S/C31H51N3O45S7/c1-65-27-9(34-81(47,48)49)13(37)17(6(70-27)3-67-83(53,54)55)72-31-22(79-86(62,63)64)16(40)21-23(76-31)25(41)32-10-19(78-85(59,60)61)18(7(71-29(10)75-21)4-68-84(56,57)58)73-30-15(39)14(38)20(24(77-30)26(42)43)74-28-8(33-80(44,45)46)12(36)11(35)5(69-28)2-66-82(50,51)52/h5-24,27-31,33-40H,2-4H2,1H3,(H,32,41)(H,42,43)(H,44,45,46)(H,47,48,49)(H,50,51,52)(H,53,54,55)(H,56,57,58)(H,59,60,61)(H,62,63,64)/t5-,6-,7-,8-,9-,10-,11-,12-,13-,14-,15-,16+,17-,18-,19-,20+,21-,22-,23-,24+,27+,28-,29+,30-,31-/m1/s1. The number of fused-ring (bicyclic) bond motifs is 2. The molecular weight excluding hydrogens is 1360 g/mol. The van der Waals surface area contributed by atoms with Crippen molar-refractivity contribution in [1.82, 2.24) is 14.8 Å². The van der Waals surface area contributed by atoms with Gasteiger partial charge in [-0.3, -0.25) is 36.7 Å². The zero-order valence-corrected chi connectivity index (χ0v) is 47.5. The van der Waals surface area contributed by atoms with Crippen molar-refractivity contribution in [2.24, 2.45) is 0 Å². The fourth-order valence-electron chi connectivity index (χ4n) is 9.10. The number of aliphatic hydroxyl groups is 6. The molecule has 0 aromatic carbocycles. The van der Waals surface area contributed by atoms with Crippen LogP contribution in [-0.4, -0.2) is 319 Å². The molecule has 6 rings (SSSR count). The third-order valence-corrected chi connectivity index (χ3v) is 15.8. The molecule has 55 heteroatoms. The van der Waals surface area contributed by atoms with Gasteiger partial charge in [0.05, 0.1) is 19.8 Å². The molecule has 502 valence electrons. The highest BCUT2D eigenvalue weighted by Gasteiger charge is 2.62. The Labute approximate surface area is 482 Å². The number of carboxylic acids is 1. The van der Waals surface area contributed by atoms with Crippen molar-refractivity contribution in [3.05, 3.63) is 0 Å².